The van der Waals surface area contributed by atoms with Crippen LogP contribution in [0.1, 0.15) is 6.23 Å². The molecular weight excluding hydrogens is 572 g/mol. The second-order valence-corrected chi connectivity index (χ2v) is 10.7. The third-order valence-corrected chi connectivity index (χ3v) is 7.71. The molecule has 0 aliphatic carbocycles. The largest absolute Gasteiger partial charge is 0.547 e. The Balaban J connectivity index is 0.00000507. The summed E-state index contributed by atoms with van der Waals surface area (Å²) in [5, 5.41) is 60.2. The fourth-order valence-electron chi connectivity index (χ4n) is 3.33. The van der Waals surface area contributed by atoms with E-state index in [1.807, 2.05) is 4.98 Å². The van der Waals surface area contributed by atoms with Crippen LogP contribution in [-0.4, -0.2) is 106 Å². The fourth-order valence-corrected chi connectivity index (χ4v) is 5.48. The monoisotopic (exact) mass is 597 g/mol. The highest BCUT2D eigenvalue weighted by molar-refractivity contribution is 7.61. The van der Waals surface area contributed by atoms with E-state index in [4.69, 9.17) is 4.74 Å². The molecule has 38 heavy (non-hydrogen) atoms. The van der Waals surface area contributed by atoms with Crippen LogP contribution in [0.2, 0.25) is 0 Å². The molecule has 0 bridgehead atoms. The van der Waals surface area contributed by atoms with Gasteiger partial charge in [-0.1, -0.05) is 0 Å². The van der Waals surface area contributed by atoms with Gasteiger partial charge in [-0.2, -0.15) is 4.31 Å². The number of carbonyl (C=O) groups excluding carboxylic acids is 1. The van der Waals surface area contributed by atoms with E-state index in [0.717, 1.165) is 12.3 Å². The Bertz CT molecular complexity index is 1210. The van der Waals surface area contributed by atoms with Crippen molar-refractivity contribution >= 4 is 21.6 Å². The van der Waals surface area contributed by atoms with Crippen molar-refractivity contribution in [1.29, 1.82) is 0 Å². The van der Waals surface area contributed by atoms with Gasteiger partial charge < -0.3 is 60.8 Å². The van der Waals surface area contributed by atoms with E-state index >= 15 is 0 Å². The van der Waals surface area contributed by atoms with E-state index < -0.39 is 94.7 Å². The van der Waals surface area contributed by atoms with Gasteiger partial charge in [0.15, 0.2) is 12.5 Å². The lowest BCUT2D eigenvalue weighted by Crippen LogP contribution is -2.62. The van der Waals surface area contributed by atoms with Crippen molar-refractivity contribution in [3.63, 3.8) is 0 Å². The molecule has 2 aliphatic heterocycles. The summed E-state index contributed by atoms with van der Waals surface area (Å²) in [5.74, 6) is -2.10. The maximum atomic E-state index is 12.1. The van der Waals surface area contributed by atoms with Gasteiger partial charge in [-0.15, -0.1) is 0 Å². The van der Waals surface area contributed by atoms with Gasteiger partial charge in [-0.3, -0.25) is 23.4 Å². The number of carbonyl (C=O) groups is 1. The molecule has 1 aromatic heterocycles. The molecule has 0 aromatic carbocycles. The molecular formula is C15H25N3O18P2. The quantitative estimate of drug-likeness (QED) is 0.120. The van der Waals surface area contributed by atoms with Crippen LogP contribution in [0.4, 0.5) is 0 Å². The number of rotatable bonds is 9. The Morgan fingerprint density at radius 2 is 1.63 bits per heavy atom. The van der Waals surface area contributed by atoms with Crippen LogP contribution in [0.15, 0.2) is 21.9 Å². The number of aromatic nitrogens is 2. The molecule has 2 saturated heterocycles. The molecule has 2 unspecified atom stereocenters. The second kappa shape index (κ2) is 12.1. The summed E-state index contributed by atoms with van der Waals surface area (Å²) in [4.78, 5) is 55.4. The number of nitrogens with one attached hydrogen (secondary N) is 1. The minimum Gasteiger partial charge on any atom is -0.547 e. The van der Waals surface area contributed by atoms with Crippen molar-refractivity contribution < 1.29 is 77.2 Å². The highest BCUT2D eigenvalue weighted by Gasteiger charge is 2.50. The number of carboxylic acids is 1. The number of quaternary nitrogens is 1. The number of aliphatic carboxylic acids is 1. The van der Waals surface area contributed by atoms with Gasteiger partial charge in [0, 0.05) is 12.3 Å². The number of hydrogen-bond acceptors (Lipinski definition) is 16. The molecule has 2 fully saturated rings. The van der Waals surface area contributed by atoms with Crippen LogP contribution in [0, 0.1) is 0 Å². The maximum Gasteiger partial charge on any atom is 0.483 e. The number of phosphoric ester groups is 2. The number of nitrogens with zero attached hydrogens (tertiary/aromatic N) is 1. The van der Waals surface area contributed by atoms with Gasteiger partial charge in [-0.25, -0.2) is 13.9 Å². The first-order valence-corrected chi connectivity index (χ1v) is 13.0. The number of ether oxygens (including phenoxy) is 2. The second-order valence-electron chi connectivity index (χ2n) is 7.70. The maximum absolute atomic E-state index is 12.1. The molecule has 3 rings (SSSR count). The average Bonchev–Trinajstić information content (AvgIpc) is 3.05. The summed E-state index contributed by atoms with van der Waals surface area (Å²) in [6.07, 6.45) is -17.5. The smallest absolute Gasteiger partial charge is 0.483 e. The fraction of sp³-hybridized carbons (Fsp3) is 0.667. The molecule has 23 heteroatoms. The molecule has 11 atom stereocenters. The van der Waals surface area contributed by atoms with Crippen molar-refractivity contribution in [2.75, 3.05) is 6.61 Å². The summed E-state index contributed by atoms with van der Waals surface area (Å²) in [6.45, 7) is -1.08. The molecule has 0 radical (unpaired) electrons. The lowest BCUT2D eigenvalue weighted by molar-refractivity contribution is -0.343. The topological polar surface area (TPSA) is 353 Å². The molecule has 12 N–H and O–H groups in total. The minimum absolute atomic E-state index is 0. The summed E-state index contributed by atoms with van der Waals surface area (Å²) < 4.78 is 47.4. The van der Waals surface area contributed by atoms with E-state index in [2.05, 4.69) is 18.1 Å². The standard InChI is InChI=1S/C15H22N2O18P2.H3N/c18-5-1-2-17(15(26)16-5)12-9(22)6(19)4(32-12)3-31-36(27,28)35-37(29,30)34-14-10(23)7(20)8(21)11(33-14)13(24)25;/h1-2,4,6-12,14,19-23H,3H2,(H,24,25)(H,27,28)(H,29,30)(H,16,18,26);1H3/t4-,6-,7+,8+,9-,10-,11+,12-,14-;/m1./s1. The molecule has 0 spiro atoms. The van der Waals surface area contributed by atoms with Crippen molar-refractivity contribution in [3.8, 4) is 0 Å². The molecule has 3 heterocycles. The Morgan fingerprint density at radius 1 is 1.00 bits per heavy atom. The van der Waals surface area contributed by atoms with Crippen molar-refractivity contribution in [3.05, 3.63) is 33.1 Å². The van der Waals surface area contributed by atoms with Crippen LogP contribution in [0.25, 0.3) is 0 Å². The Morgan fingerprint density at radius 3 is 2.21 bits per heavy atom. The number of carboxylic acid groups (broad SMARTS) is 1. The lowest BCUT2D eigenvalue weighted by atomic mass is 9.99. The average molecular weight is 597 g/mol. The van der Waals surface area contributed by atoms with Gasteiger partial charge in [0.05, 0.1) is 12.6 Å². The third-order valence-electron chi connectivity index (χ3n) is 5.11. The van der Waals surface area contributed by atoms with Crippen molar-refractivity contribution in [2.45, 2.75) is 55.2 Å². The zero-order valence-electron chi connectivity index (χ0n) is 19.0. The normalized spacial score (nSPS) is 36.6. The summed E-state index contributed by atoms with van der Waals surface area (Å²) >= 11 is 0. The number of aliphatic hydroxyl groups excluding tert-OH is 5. The first kappa shape index (κ1) is 32.3. The highest BCUT2D eigenvalue weighted by atomic mass is 31.3. The predicted octanol–water partition coefficient (Wildman–Crippen LogP) is -5.66. The first-order chi connectivity index (χ1) is 17.0. The molecule has 0 saturated carbocycles. The molecule has 21 nitrogen and oxygen atoms in total. The Hall–Kier alpha value is -1.91. The van der Waals surface area contributed by atoms with Crippen molar-refractivity contribution in [1.82, 2.24) is 15.7 Å². The third kappa shape index (κ3) is 7.18. The van der Waals surface area contributed by atoms with Crippen LogP contribution in [0.5, 0.6) is 0 Å². The summed E-state index contributed by atoms with van der Waals surface area (Å²) in [7, 11) is -11.3. The van der Waals surface area contributed by atoms with Gasteiger partial charge >= 0.3 is 21.3 Å². The predicted molar refractivity (Wildman–Crippen MR) is 113 cm³/mol. The Kier molecular flexibility index (Phi) is 10.3. The zero-order valence-corrected chi connectivity index (χ0v) is 20.8. The van der Waals surface area contributed by atoms with Crippen molar-refractivity contribution in [2.24, 2.45) is 0 Å². The molecule has 218 valence electrons. The molecule has 1 aromatic rings. The number of aliphatic hydroxyl groups is 5. The van der Waals surface area contributed by atoms with Crippen LogP contribution < -0.4 is 22.5 Å². The van der Waals surface area contributed by atoms with Crippen LogP contribution in [0.3, 0.4) is 0 Å². The first-order valence-electron chi connectivity index (χ1n) is 9.96. The number of aromatic amines is 1. The van der Waals surface area contributed by atoms with Gasteiger partial charge in [0.1, 0.15) is 42.7 Å². The van der Waals surface area contributed by atoms with E-state index in [-0.39, 0.29) is 6.15 Å². The summed E-state index contributed by atoms with van der Waals surface area (Å²) in [5.41, 5.74) is -1.79. The van der Waals surface area contributed by atoms with Gasteiger partial charge in [-0.05, 0) is 0 Å². The lowest BCUT2D eigenvalue weighted by Gasteiger charge is -2.40. The van der Waals surface area contributed by atoms with Gasteiger partial charge in [0.25, 0.3) is 5.56 Å². The summed E-state index contributed by atoms with van der Waals surface area (Å²) in [6, 6.07) is 0.907. The number of phosphoric acid groups is 2. The van der Waals surface area contributed by atoms with Crippen LogP contribution >= 0.6 is 15.6 Å². The van der Waals surface area contributed by atoms with Crippen LogP contribution in [-0.2, 0) is 36.8 Å². The zero-order chi connectivity index (χ0) is 27.9. The molecule has 2 aliphatic rings. The Labute approximate surface area is 210 Å². The number of H-pyrrole nitrogens is 1. The number of hydrogen-bond donors (Lipinski definition) is 9. The van der Waals surface area contributed by atoms with Gasteiger partial charge in [0.2, 0.25) is 0 Å². The SMILES string of the molecule is O=C([O-])[C@H]1O[C@H](OP(=O)(O)OP(=O)(O)OC[C@H]2O[C@@H](n3ccc(=O)[nH]c3=O)[C@H](O)[C@@H]2O)[C@H](O)[C@@H](O)[C@@H]1O.[NH4+]. The van der Waals surface area contributed by atoms with E-state index in [1.165, 1.54) is 0 Å². The van der Waals surface area contributed by atoms with E-state index in [0.29, 0.717) is 4.57 Å². The highest BCUT2D eigenvalue weighted by Crippen LogP contribution is 2.61. The minimum atomic E-state index is -5.74. The molecule has 0 amide bonds. The van der Waals surface area contributed by atoms with E-state index in [9.17, 15) is 63.9 Å². The van der Waals surface area contributed by atoms with E-state index in [1.54, 1.807) is 0 Å².